The van der Waals surface area contributed by atoms with Crippen LogP contribution in [0, 0.1) is 23.2 Å². The molecule has 188 valence electrons. The minimum Gasteiger partial charge on any atom is -0.481 e. The van der Waals surface area contributed by atoms with Crippen molar-refractivity contribution in [1.82, 2.24) is 0 Å². The average molecular weight is 467 g/mol. The molecule has 0 aromatic rings. The van der Waals surface area contributed by atoms with Crippen LogP contribution in [0.3, 0.4) is 0 Å². The SMILES string of the molecule is CCCC(C)(CC)C(=O)O[C@H]1C[C@H](O)C=C2C=C[C@H](C)[C@H](CC[C@@H](O)C[C@@H](O)CC(=O)O)[C@H]21. The van der Waals surface area contributed by atoms with Gasteiger partial charge in [-0.1, -0.05) is 45.4 Å². The second kappa shape index (κ2) is 12.1. The number of hydrogen-bond donors (Lipinski definition) is 4. The van der Waals surface area contributed by atoms with Crippen LogP contribution in [0.2, 0.25) is 0 Å². The summed E-state index contributed by atoms with van der Waals surface area (Å²) in [6.07, 6.45) is 6.25. The van der Waals surface area contributed by atoms with Crippen molar-refractivity contribution in [3.8, 4) is 0 Å². The Balaban J connectivity index is 2.15. The zero-order valence-electron chi connectivity index (χ0n) is 20.4. The number of esters is 1. The molecule has 2 aliphatic rings. The fourth-order valence-corrected chi connectivity index (χ4v) is 5.34. The molecule has 2 aliphatic carbocycles. The molecule has 1 unspecified atom stereocenters. The second-order valence-electron chi connectivity index (χ2n) is 10.2. The van der Waals surface area contributed by atoms with E-state index < -0.39 is 35.8 Å². The molecular formula is C26H42O7. The van der Waals surface area contributed by atoms with Crippen LogP contribution < -0.4 is 0 Å². The van der Waals surface area contributed by atoms with E-state index in [2.05, 4.69) is 19.9 Å². The van der Waals surface area contributed by atoms with Crippen molar-refractivity contribution in [3.05, 3.63) is 23.8 Å². The number of ether oxygens (including phenoxy) is 1. The molecule has 2 rings (SSSR count). The number of allylic oxidation sites excluding steroid dienone is 2. The molecule has 4 N–H and O–H groups in total. The van der Waals surface area contributed by atoms with Crippen molar-refractivity contribution in [1.29, 1.82) is 0 Å². The minimum atomic E-state index is -1.09. The lowest BCUT2D eigenvalue weighted by atomic mass is 9.66. The zero-order chi connectivity index (χ0) is 24.8. The molecular weight excluding hydrogens is 424 g/mol. The van der Waals surface area contributed by atoms with Gasteiger partial charge in [0.05, 0.1) is 30.1 Å². The molecule has 33 heavy (non-hydrogen) atoms. The monoisotopic (exact) mass is 466 g/mol. The predicted molar refractivity (Wildman–Crippen MR) is 125 cm³/mol. The lowest BCUT2D eigenvalue weighted by Crippen LogP contribution is -2.44. The van der Waals surface area contributed by atoms with Gasteiger partial charge in [0, 0.05) is 12.3 Å². The van der Waals surface area contributed by atoms with Gasteiger partial charge in [-0.25, -0.2) is 0 Å². The molecule has 0 heterocycles. The van der Waals surface area contributed by atoms with Gasteiger partial charge in [0.1, 0.15) is 6.10 Å². The number of carboxylic acids is 1. The third kappa shape index (κ3) is 7.39. The highest BCUT2D eigenvalue weighted by atomic mass is 16.5. The molecule has 8 atom stereocenters. The van der Waals surface area contributed by atoms with Crippen molar-refractivity contribution >= 4 is 11.9 Å². The summed E-state index contributed by atoms with van der Waals surface area (Å²) < 4.78 is 6.09. The molecule has 0 fully saturated rings. The molecule has 7 heteroatoms. The Morgan fingerprint density at radius 2 is 1.94 bits per heavy atom. The Morgan fingerprint density at radius 1 is 1.24 bits per heavy atom. The standard InChI is InChI=1S/C26H42O7/c1-5-11-26(4,6-2)25(32)33-22-14-19(28)12-17-8-7-16(3)21(24(17)22)10-9-18(27)13-20(29)15-23(30)31/h7-8,12,16,18-22,24,27-29H,5-6,9-11,13-15H2,1-4H3,(H,30,31)/t16-,18+,19+,20+,21-,22-,24-,26?/m0/s1. The van der Waals surface area contributed by atoms with Gasteiger partial charge in [-0.2, -0.15) is 0 Å². The molecule has 0 amide bonds. The van der Waals surface area contributed by atoms with Crippen LogP contribution in [0.1, 0.15) is 79.1 Å². The van der Waals surface area contributed by atoms with Crippen LogP contribution in [-0.2, 0) is 14.3 Å². The van der Waals surface area contributed by atoms with Gasteiger partial charge in [-0.05, 0) is 56.4 Å². The van der Waals surface area contributed by atoms with E-state index in [1.165, 1.54) is 0 Å². The van der Waals surface area contributed by atoms with Crippen LogP contribution in [-0.4, -0.2) is 56.8 Å². The Hall–Kier alpha value is -1.70. The smallest absolute Gasteiger partial charge is 0.312 e. The molecule has 0 saturated carbocycles. The van der Waals surface area contributed by atoms with Crippen molar-refractivity contribution in [2.45, 2.75) is 103 Å². The molecule has 7 nitrogen and oxygen atoms in total. The van der Waals surface area contributed by atoms with E-state index in [-0.39, 0.29) is 36.6 Å². The van der Waals surface area contributed by atoms with Crippen LogP contribution in [0.15, 0.2) is 23.8 Å². The van der Waals surface area contributed by atoms with E-state index in [1.807, 2.05) is 26.0 Å². The number of carbonyl (C=O) groups is 2. The third-order valence-corrected chi connectivity index (χ3v) is 7.49. The molecule has 0 bridgehead atoms. The molecule has 0 radical (unpaired) electrons. The van der Waals surface area contributed by atoms with E-state index in [9.17, 15) is 24.9 Å². The highest BCUT2D eigenvalue weighted by molar-refractivity contribution is 5.76. The number of aliphatic hydroxyl groups excluding tert-OH is 3. The van der Waals surface area contributed by atoms with Gasteiger partial charge in [-0.3, -0.25) is 9.59 Å². The Labute approximate surface area is 197 Å². The molecule has 0 aliphatic heterocycles. The fourth-order valence-electron chi connectivity index (χ4n) is 5.34. The number of aliphatic hydroxyl groups is 3. The summed E-state index contributed by atoms with van der Waals surface area (Å²) >= 11 is 0. The summed E-state index contributed by atoms with van der Waals surface area (Å²) in [5, 5.41) is 39.4. The maximum atomic E-state index is 13.1. The molecule has 0 aromatic heterocycles. The van der Waals surface area contributed by atoms with Crippen LogP contribution >= 0.6 is 0 Å². The van der Waals surface area contributed by atoms with Crippen molar-refractivity contribution in [2.75, 3.05) is 0 Å². The average Bonchev–Trinajstić information content (AvgIpc) is 2.72. The highest BCUT2D eigenvalue weighted by Gasteiger charge is 2.44. The first-order valence-electron chi connectivity index (χ1n) is 12.4. The van der Waals surface area contributed by atoms with Gasteiger partial charge in [-0.15, -0.1) is 0 Å². The van der Waals surface area contributed by atoms with E-state index >= 15 is 0 Å². The largest absolute Gasteiger partial charge is 0.481 e. The lowest BCUT2D eigenvalue weighted by Gasteiger charge is -2.43. The second-order valence-corrected chi connectivity index (χ2v) is 10.2. The Morgan fingerprint density at radius 3 is 2.55 bits per heavy atom. The van der Waals surface area contributed by atoms with E-state index in [0.717, 1.165) is 18.4 Å². The number of hydrogen-bond acceptors (Lipinski definition) is 6. The highest BCUT2D eigenvalue weighted by Crippen LogP contribution is 2.44. The molecule has 0 saturated heterocycles. The van der Waals surface area contributed by atoms with E-state index in [0.29, 0.717) is 25.7 Å². The lowest BCUT2D eigenvalue weighted by molar-refractivity contribution is -0.167. The molecule has 0 spiro atoms. The van der Waals surface area contributed by atoms with E-state index in [4.69, 9.17) is 9.84 Å². The van der Waals surface area contributed by atoms with Crippen molar-refractivity contribution in [3.63, 3.8) is 0 Å². The summed E-state index contributed by atoms with van der Waals surface area (Å²) in [5.74, 6) is -1.10. The number of fused-ring (bicyclic) bond motifs is 1. The first kappa shape index (κ1) is 27.5. The van der Waals surface area contributed by atoms with Crippen molar-refractivity contribution < 1.29 is 34.8 Å². The fraction of sp³-hybridized carbons (Fsp3) is 0.769. The summed E-state index contributed by atoms with van der Waals surface area (Å²) in [6.45, 7) is 8.08. The first-order valence-corrected chi connectivity index (χ1v) is 12.4. The predicted octanol–water partition coefficient (Wildman–Crippen LogP) is 3.61. The van der Waals surface area contributed by atoms with Crippen molar-refractivity contribution in [2.24, 2.45) is 23.2 Å². The van der Waals surface area contributed by atoms with Gasteiger partial charge >= 0.3 is 11.9 Å². The topological polar surface area (TPSA) is 124 Å². The summed E-state index contributed by atoms with van der Waals surface area (Å²) in [6, 6.07) is 0. The minimum absolute atomic E-state index is 0.0135. The van der Waals surface area contributed by atoms with Crippen LogP contribution in [0.4, 0.5) is 0 Å². The van der Waals surface area contributed by atoms with Crippen LogP contribution in [0.25, 0.3) is 0 Å². The number of rotatable bonds is 12. The summed E-state index contributed by atoms with van der Waals surface area (Å²) in [7, 11) is 0. The summed E-state index contributed by atoms with van der Waals surface area (Å²) in [5.41, 5.74) is 0.409. The Bertz CT molecular complexity index is 730. The summed E-state index contributed by atoms with van der Waals surface area (Å²) in [4.78, 5) is 23.9. The number of aliphatic carboxylic acids is 1. The normalized spacial score (nSPS) is 30.5. The van der Waals surface area contributed by atoms with Gasteiger partial charge < -0.3 is 25.2 Å². The van der Waals surface area contributed by atoms with Gasteiger partial charge in [0.15, 0.2) is 0 Å². The Kier molecular flexibility index (Phi) is 10.1. The maximum Gasteiger partial charge on any atom is 0.312 e. The first-order chi connectivity index (χ1) is 15.5. The quantitative estimate of drug-likeness (QED) is 0.324. The number of carboxylic acid groups (broad SMARTS) is 1. The third-order valence-electron chi connectivity index (χ3n) is 7.49. The van der Waals surface area contributed by atoms with E-state index in [1.54, 1.807) is 0 Å². The zero-order valence-corrected chi connectivity index (χ0v) is 20.4. The number of carbonyl (C=O) groups excluding carboxylic acids is 1. The maximum absolute atomic E-state index is 13.1. The van der Waals surface area contributed by atoms with Crippen LogP contribution in [0.5, 0.6) is 0 Å². The van der Waals surface area contributed by atoms with Gasteiger partial charge in [0.2, 0.25) is 0 Å². The molecule has 0 aromatic carbocycles. The van der Waals surface area contributed by atoms with Gasteiger partial charge in [0.25, 0.3) is 0 Å².